The predicted molar refractivity (Wildman–Crippen MR) is 82.5 cm³/mol. The second kappa shape index (κ2) is 5.07. The van der Waals surface area contributed by atoms with Crippen LogP contribution < -0.4 is 0 Å². The van der Waals surface area contributed by atoms with Crippen molar-refractivity contribution in [3.8, 4) is 11.3 Å². The van der Waals surface area contributed by atoms with Crippen molar-refractivity contribution < 1.29 is 9.90 Å². The summed E-state index contributed by atoms with van der Waals surface area (Å²) >= 11 is 0. The Balaban J connectivity index is 2.26. The van der Waals surface area contributed by atoms with E-state index in [4.69, 9.17) is 5.11 Å². The Kier molecular flexibility index (Phi) is 3.21. The molecule has 0 aliphatic carbocycles. The highest BCUT2D eigenvalue weighted by Gasteiger charge is 2.16. The molecular formula is C16H13N3O3. The number of imidazole rings is 1. The number of rotatable bonds is 3. The van der Waals surface area contributed by atoms with Crippen LogP contribution in [0.25, 0.3) is 16.9 Å². The minimum absolute atomic E-state index is 0.113. The van der Waals surface area contributed by atoms with Crippen molar-refractivity contribution in [2.75, 3.05) is 0 Å². The third-order valence-electron chi connectivity index (χ3n) is 3.71. The minimum Gasteiger partial charge on any atom is -0.478 e. The smallest absolute Gasteiger partial charge is 0.335 e. The topological polar surface area (TPSA) is 84.0 Å². The number of nitroso groups, excluding NO2 is 1. The molecule has 6 nitrogen and oxygen atoms in total. The minimum atomic E-state index is -1.04. The molecule has 0 saturated heterocycles. The first kappa shape index (κ1) is 13.9. The van der Waals surface area contributed by atoms with Gasteiger partial charge in [0.25, 0.3) is 0 Å². The summed E-state index contributed by atoms with van der Waals surface area (Å²) < 4.78 is 1.49. The largest absolute Gasteiger partial charge is 0.478 e. The van der Waals surface area contributed by atoms with Crippen LogP contribution in [0.15, 0.2) is 41.7 Å². The summed E-state index contributed by atoms with van der Waals surface area (Å²) in [7, 11) is 0. The van der Waals surface area contributed by atoms with Gasteiger partial charge < -0.3 is 5.11 Å². The van der Waals surface area contributed by atoms with Gasteiger partial charge in [0.2, 0.25) is 5.82 Å². The number of aromatic nitrogens is 2. The molecule has 6 heteroatoms. The molecule has 0 fully saturated rings. The molecule has 22 heavy (non-hydrogen) atoms. The quantitative estimate of drug-likeness (QED) is 0.746. The second-order valence-corrected chi connectivity index (χ2v) is 5.12. The van der Waals surface area contributed by atoms with Crippen LogP contribution in [0.3, 0.4) is 0 Å². The van der Waals surface area contributed by atoms with Gasteiger partial charge in [-0.05, 0) is 48.4 Å². The third-order valence-corrected chi connectivity index (χ3v) is 3.71. The number of carboxylic acid groups (broad SMARTS) is 1. The van der Waals surface area contributed by atoms with Crippen molar-refractivity contribution in [1.29, 1.82) is 0 Å². The molecule has 3 aromatic rings. The SMILES string of the molecule is Cc1ccc(-c2nc3cc(C(=O)O)ccn3c2N=O)cc1C. The molecule has 0 bridgehead atoms. The highest BCUT2D eigenvalue weighted by Crippen LogP contribution is 2.32. The van der Waals surface area contributed by atoms with Crippen LogP contribution in [0.4, 0.5) is 5.82 Å². The van der Waals surface area contributed by atoms with Gasteiger partial charge >= 0.3 is 5.97 Å². The van der Waals surface area contributed by atoms with Crippen LogP contribution >= 0.6 is 0 Å². The van der Waals surface area contributed by atoms with Crippen molar-refractivity contribution in [2.24, 2.45) is 5.18 Å². The van der Waals surface area contributed by atoms with Gasteiger partial charge in [0.15, 0.2) is 0 Å². The van der Waals surface area contributed by atoms with Crippen LogP contribution in [0, 0.1) is 18.8 Å². The van der Waals surface area contributed by atoms with E-state index in [9.17, 15) is 9.70 Å². The van der Waals surface area contributed by atoms with E-state index in [1.807, 2.05) is 32.0 Å². The average molecular weight is 295 g/mol. The summed E-state index contributed by atoms with van der Waals surface area (Å²) in [6.07, 6.45) is 1.49. The van der Waals surface area contributed by atoms with Gasteiger partial charge in [0, 0.05) is 11.8 Å². The number of carboxylic acids is 1. The van der Waals surface area contributed by atoms with Crippen molar-refractivity contribution in [3.05, 3.63) is 58.1 Å². The van der Waals surface area contributed by atoms with E-state index in [1.165, 1.54) is 22.7 Å². The highest BCUT2D eigenvalue weighted by molar-refractivity contribution is 5.89. The predicted octanol–water partition coefficient (Wildman–Crippen LogP) is 3.71. The lowest BCUT2D eigenvalue weighted by molar-refractivity contribution is 0.0697. The normalized spacial score (nSPS) is 10.8. The lowest BCUT2D eigenvalue weighted by Gasteiger charge is -2.03. The first-order valence-corrected chi connectivity index (χ1v) is 6.67. The number of fused-ring (bicyclic) bond motifs is 1. The number of nitrogens with zero attached hydrogens (tertiary/aromatic N) is 3. The maximum atomic E-state index is 11.2. The maximum Gasteiger partial charge on any atom is 0.335 e. The molecule has 0 spiro atoms. The molecule has 0 aliphatic heterocycles. The van der Waals surface area contributed by atoms with Crippen LogP contribution in [-0.2, 0) is 0 Å². The molecule has 0 saturated carbocycles. The van der Waals surface area contributed by atoms with Crippen LogP contribution in [0.1, 0.15) is 21.5 Å². The zero-order valence-electron chi connectivity index (χ0n) is 12.1. The molecule has 1 aromatic carbocycles. The molecule has 0 radical (unpaired) electrons. The monoisotopic (exact) mass is 295 g/mol. The summed E-state index contributed by atoms with van der Waals surface area (Å²) in [5.41, 5.74) is 3.93. The summed E-state index contributed by atoms with van der Waals surface area (Å²) in [5.74, 6) is -0.881. The Morgan fingerprint density at radius 1 is 1.18 bits per heavy atom. The Labute approximate surface area is 126 Å². The number of aromatic carboxylic acids is 1. The van der Waals surface area contributed by atoms with E-state index in [-0.39, 0.29) is 11.4 Å². The van der Waals surface area contributed by atoms with Gasteiger partial charge in [-0.15, -0.1) is 4.91 Å². The number of pyridine rings is 1. The van der Waals surface area contributed by atoms with Gasteiger partial charge in [-0.3, -0.25) is 4.40 Å². The van der Waals surface area contributed by atoms with Gasteiger partial charge in [-0.2, -0.15) is 0 Å². The van der Waals surface area contributed by atoms with Crippen LogP contribution in [0.2, 0.25) is 0 Å². The third kappa shape index (κ3) is 2.14. The molecule has 0 aliphatic rings. The molecule has 2 aromatic heterocycles. The lowest BCUT2D eigenvalue weighted by Crippen LogP contribution is -1.97. The van der Waals surface area contributed by atoms with E-state index >= 15 is 0 Å². The standard InChI is InChI=1S/C16H13N3O3/c1-9-3-4-11(7-10(9)2)14-15(18-22)19-6-5-12(16(20)21)8-13(19)17-14/h3-8H,1-2H3,(H,20,21). The van der Waals surface area contributed by atoms with Crippen molar-refractivity contribution in [3.63, 3.8) is 0 Å². The number of benzene rings is 1. The second-order valence-electron chi connectivity index (χ2n) is 5.12. The highest BCUT2D eigenvalue weighted by atomic mass is 16.4. The summed E-state index contributed by atoms with van der Waals surface area (Å²) in [6, 6.07) is 8.59. The van der Waals surface area contributed by atoms with E-state index in [0.29, 0.717) is 11.3 Å². The number of aryl methyl sites for hydroxylation is 2. The maximum absolute atomic E-state index is 11.2. The molecule has 0 amide bonds. The number of hydrogen-bond acceptors (Lipinski definition) is 4. The molecule has 2 heterocycles. The van der Waals surface area contributed by atoms with Crippen LogP contribution in [0.5, 0.6) is 0 Å². The van der Waals surface area contributed by atoms with Crippen LogP contribution in [-0.4, -0.2) is 20.5 Å². The van der Waals surface area contributed by atoms with Gasteiger partial charge in [0.05, 0.1) is 5.56 Å². The lowest BCUT2D eigenvalue weighted by atomic mass is 10.0. The molecule has 1 N–H and O–H groups in total. The molecule has 0 atom stereocenters. The first-order valence-electron chi connectivity index (χ1n) is 6.67. The Morgan fingerprint density at radius 2 is 1.95 bits per heavy atom. The van der Waals surface area contributed by atoms with E-state index in [1.54, 1.807) is 0 Å². The van der Waals surface area contributed by atoms with E-state index in [2.05, 4.69) is 10.2 Å². The molecule has 3 rings (SSSR count). The fraction of sp³-hybridized carbons (Fsp3) is 0.125. The fourth-order valence-electron chi connectivity index (χ4n) is 2.33. The van der Waals surface area contributed by atoms with Gasteiger partial charge in [0.1, 0.15) is 11.3 Å². The summed E-state index contributed by atoms with van der Waals surface area (Å²) in [6.45, 7) is 3.98. The zero-order valence-corrected chi connectivity index (χ0v) is 12.1. The molecule has 110 valence electrons. The van der Waals surface area contributed by atoms with Crippen molar-refractivity contribution in [2.45, 2.75) is 13.8 Å². The first-order chi connectivity index (χ1) is 10.5. The summed E-state index contributed by atoms with van der Waals surface area (Å²) in [5, 5.41) is 12.1. The Hall–Kier alpha value is -3.02. The zero-order chi connectivity index (χ0) is 15.9. The van der Waals surface area contributed by atoms with Gasteiger partial charge in [-0.1, -0.05) is 12.1 Å². The number of carbonyl (C=O) groups is 1. The fourth-order valence-corrected chi connectivity index (χ4v) is 2.33. The Morgan fingerprint density at radius 3 is 2.59 bits per heavy atom. The Bertz CT molecular complexity index is 912. The molecule has 0 unspecified atom stereocenters. The van der Waals surface area contributed by atoms with E-state index in [0.717, 1.165) is 16.7 Å². The van der Waals surface area contributed by atoms with Crippen molar-refractivity contribution >= 4 is 17.4 Å². The van der Waals surface area contributed by atoms with Gasteiger partial charge in [-0.25, -0.2) is 9.78 Å². The summed E-state index contributed by atoms with van der Waals surface area (Å²) in [4.78, 5) is 26.6. The average Bonchev–Trinajstić information content (AvgIpc) is 2.87. The number of hydrogen-bond donors (Lipinski definition) is 1. The molecular weight excluding hydrogens is 282 g/mol. The van der Waals surface area contributed by atoms with E-state index < -0.39 is 5.97 Å². The van der Waals surface area contributed by atoms with Crippen molar-refractivity contribution in [1.82, 2.24) is 9.38 Å².